The lowest BCUT2D eigenvalue weighted by molar-refractivity contribution is -0.131. The van der Waals surface area contributed by atoms with Gasteiger partial charge in [0.25, 0.3) is 5.91 Å². The molecule has 2 aromatic carbocycles. The molecule has 1 fully saturated rings. The maximum atomic E-state index is 13.6. The van der Waals surface area contributed by atoms with Crippen LogP contribution in [0.15, 0.2) is 65.9 Å². The van der Waals surface area contributed by atoms with E-state index in [4.69, 9.17) is 0 Å². The van der Waals surface area contributed by atoms with E-state index in [0.717, 1.165) is 40.8 Å². The Bertz CT molecular complexity index is 1200. The monoisotopic (exact) mass is 479 g/mol. The first-order chi connectivity index (χ1) is 16.3. The summed E-state index contributed by atoms with van der Waals surface area (Å²) >= 11 is 0. The highest BCUT2D eigenvalue weighted by Gasteiger charge is 2.44. The van der Waals surface area contributed by atoms with E-state index in [1.807, 2.05) is 43.0 Å². The van der Waals surface area contributed by atoms with Gasteiger partial charge in [-0.3, -0.25) is 4.79 Å². The molecule has 3 aliphatic rings. The van der Waals surface area contributed by atoms with Crippen molar-refractivity contribution in [2.75, 3.05) is 6.67 Å². The van der Waals surface area contributed by atoms with Crippen molar-refractivity contribution < 1.29 is 13.2 Å². The van der Waals surface area contributed by atoms with E-state index in [0.29, 0.717) is 25.9 Å². The summed E-state index contributed by atoms with van der Waals surface area (Å²) in [6.07, 6.45) is 3.43. The van der Waals surface area contributed by atoms with Crippen molar-refractivity contribution in [1.82, 2.24) is 14.9 Å². The first-order valence-corrected chi connectivity index (χ1v) is 13.8. The molecule has 180 valence electrons. The van der Waals surface area contributed by atoms with Crippen molar-refractivity contribution in [2.24, 2.45) is 5.92 Å². The molecule has 2 aromatic rings. The van der Waals surface area contributed by atoms with Crippen LogP contribution < -0.4 is 10.0 Å². The zero-order chi connectivity index (χ0) is 23.9. The summed E-state index contributed by atoms with van der Waals surface area (Å²) in [4.78, 5) is 15.4. The third kappa shape index (κ3) is 4.64. The molecular weight excluding hydrogens is 446 g/mol. The van der Waals surface area contributed by atoms with Gasteiger partial charge in [0.05, 0.1) is 11.9 Å². The van der Waals surface area contributed by atoms with E-state index in [1.54, 1.807) is 0 Å². The highest BCUT2D eigenvalue weighted by molar-refractivity contribution is 7.90. The van der Waals surface area contributed by atoms with Gasteiger partial charge in [0.15, 0.2) is 0 Å². The Morgan fingerprint density at radius 3 is 2.47 bits per heavy atom. The van der Waals surface area contributed by atoms with Gasteiger partial charge in [-0.1, -0.05) is 54.6 Å². The van der Waals surface area contributed by atoms with Crippen LogP contribution in [0, 0.1) is 5.92 Å². The van der Waals surface area contributed by atoms with E-state index < -0.39 is 10.0 Å². The predicted molar refractivity (Wildman–Crippen MR) is 134 cm³/mol. The first kappa shape index (κ1) is 23.1. The van der Waals surface area contributed by atoms with E-state index >= 15 is 0 Å². The van der Waals surface area contributed by atoms with Gasteiger partial charge < -0.3 is 10.2 Å². The lowest BCUT2D eigenvalue weighted by Crippen LogP contribution is -2.55. The van der Waals surface area contributed by atoms with Crippen molar-refractivity contribution in [3.8, 4) is 11.1 Å². The number of hydrogen-bond donors (Lipinski definition) is 2. The smallest absolute Gasteiger partial charge is 0.253 e. The van der Waals surface area contributed by atoms with Crippen molar-refractivity contribution in [2.45, 2.75) is 63.3 Å². The number of nitrogens with one attached hydrogen (secondary N) is 2. The summed E-state index contributed by atoms with van der Waals surface area (Å²) in [6.45, 7) is 4.53. The minimum atomic E-state index is -3.37. The predicted octanol–water partition coefficient (Wildman–Crippen LogP) is 3.81. The zero-order valence-corrected chi connectivity index (χ0v) is 20.6. The van der Waals surface area contributed by atoms with Gasteiger partial charge in [0, 0.05) is 29.3 Å². The Labute approximate surface area is 202 Å². The van der Waals surface area contributed by atoms with Crippen LogP contribution in [0.3, 0.4) is 0 Å². The molecule has 2 N–H and O–H groups in total. The summed E-state index contributed by atoms with van der Waals surface area (Å²) in [5.74, 6) is -0.187. The van der Waals surface area contributed by atoms with Crippen molar-refractivity contribution >= 4 is 15.9 Å². The SMILES string of the molecule is CC(C)N1CNC2=C(C1=O)C(Cc1cccc(-c3ccccc3)c1)C(NS(=O)(=O)C1CC1)CC2. The van der Waals surface area contributed by atoms with Crippen molar-refractivity contribution in [3.05, 3.63) is 71.4 Å². The Kier molecular flexibility index (Phi) is 6.25. The summed E-state index contributed by atoms with van der Waals surface area (Å²) in [5.41, 5.74) is 5.09. The number of carbonyl (C=O) groups excluding carboxylic acids is 1. The maximum Gasteiger partial charge on any atom is 0.253 e. The Morgan fingerprint density at radius 2 is 1.76 bits per heavy atom. The second kappa shape index (κ2) is 9.19. The number of benzene rings is 2. The topological polar surface area (TPSA) is 78.5 Å². The summed E-state index contributed by atoms with van der Waals surface area (Å²) in [5, 5.41) is 3.18. The van der Waals surface area contributed by atoms with Crippen LogP contribution in [0.2, 0.25) is 0 Å². The Morgan fingerprint density at radius 1 is 1.03 bits per heavy atom. The average Bonchev–Trinajstić information content (AvgIpc) is 3.67. The van der Waals surface area contributed by atoms with Gasteiger partial charge in [-0.05, 0) is 62.6 Å². The molecule has 0 spiro atoms. The third-order valence-electron chi connectivity index (χ3n) is 7.23. The highest BCUT2D eigenvalue weighted by atomic mass is 32.2. The van der Waals surface area contributed by atoms with Gasteiger partial charge in [0.2, 0.25) is 10.0 Å². The van der Waals surface area contributed by atoms with Crippen LogP contribution in [0.25, 0.3) is 11.1 Å². The molecule has 0 bridgehead atoms. The van der Waals surface area contributed by atoms with E-state index in [1.165, 1.54) is 0 Å². The molecule has 1 saturated carbocycles. The molecule has 1 amide bonds. The minimum absolute atomic E-state index is 0.0308. The quantitative estimate of drug-likeness (QED) is 0.633. The molecule has 0 aromatic heterocycles. The standard InChI is InChI=1S/C27H33N3O3S/c1-18(2)30-17-28-25-14-13-24(29-34(32,33)22-11-12-22)23(26(25)27(30)31)16-19-7-6-10-21(15-19)20-8-4-3-5-9-20/h3-10,15,18,22-24,28-29H,11-14,16-17H2,1-2H3. The molecule has 7 heteroatoms. The lowest BCUT2D eigenvalue weighted by atomic mass is 9.77. The van der Waals surface area contributed by atoms with Crippen molar-refractivity contribution in [3.63, 3.8) is 0 Å². The van der Waals surface area contributed by atoms with Gasteiger partial charge in [-0.25, -0.2) is 13.1 Å². The van der Waals surface area contributed by atoms with Crippen LogP contribution >= 0.6 is 0 Å². The second-order valence-corrected chi connectivity index (χ2v) is 12.0. The number of allylic oxidation sites excluding steroid dienone is 1. The van der Waals surface area contributed by atoms with Crippen LogP contribution in [0.4, 0.5) is 0 Å². The van der Waals surface area contributed by atoms with Crippen LogP contribution in [-0.4, -0.2) is 43.2 Å². The molecule has 2 aliphatic carbocycles. The number of sulfonamides is 1. The molecule has 2 unspecified atom stereocenters. The van der Waals surface area contributed by atoms with Crippen LogP contribution in [0.1, 0.15) is 45.1 Å². The normalized spacial score (nSPS) is 23.1. The third-order valence-corrected chi connectivity index (χ3v) is 9.21. The summed E-state index contributed by atoms with van der Waals surface area (Å²) in [7, 11) is -3.37. The maximum absolute atomic E-state index is 13.6. The van der Waals surface area contributed by atoms with E-state index in [9.17, 15) is 13.2 Å². The number of hydrogen-bond acceptors (Lipinski definition) is 4. The lowest BCUT2D eigenvalue weighted by Gasteiger charge is -2.42. The first-order valence-electron chi connectivity index (χ1n) is 12.3. The molecule has 0 saturated heterocycles. The van der Waals surface area contributed by atoms with E-state index in [-0.39, 0.29) is 29.2 Å². The fraction of sp³-hybridized carbons (Fsp3) is 0.444. The van der Waals surface area contributed by atoms with Gasteiger partial charge in [-0.15, -0.1) is 0 Å². The van der Waals surface area contributed by atoms with Gasteiger partial charge in [-0.2, -0.15) is 0 Å². The second-order valence-electron chi connectivity index (χ2n) is 9.98. The van der Waals surface area contributed by atoms with Crippen LogP contribution in [-0.2, 0) is 21.2 Å². The van der Waals surface area contributed by atoms with Crippen LogP contribution in [0.5, 0.6) is 0 Å². The summed E-state index contributed by atoms with van der Waals surface area (Å²) in [6, 6.07) is 18.4. The molecule has 1 aliphatic heterocycles. The Balaban J connectivity index is 1.50. The fourth-order valence-corrected chi connectivity index (χ4v) is 6.84. The zero-order valence-electron chi connectivity index (χ0n) is 19.8. The molecule has 6 nitrogen and oxygen atoms in total. The molecule has 0 radical (unpaired) electrons. The minimum Gasteiger partial charge on any atom is -0.371 e. The average molecular weight is 480 g/mol. The van der Waals surface area contributed by atoms with E-state index in [2.05, 4.69) is 40.4 Å². The molecule has 34 heavy (non-hydrogen) atoms. The molecular formula is C27H33N3O3S. The van der Waals surface area contributed by atoms with Gasteiger partial charge >= 0.3 is 0 Å². The summed E-state index contributed by atoms with van der Waals surface area (Å²) < 4.78 is 28.8. The fourth-order valence-electron chi connectivity index (χ4n) is 5.19. The highest BCUT2D eigenvalue weighted by Crippen LogP contribution is 2.37. The number of amides is 1. The molecule has 2 atom stereocenters. The molecule has 1 heterocycles. The van der Waals surface area contributed by atoms with Crippen molar-refractivity contribution in [1.29, 1.82) is 0 Å². The molecule has 5 rings (SSSR count). The Hall–Kier alpha value is -2.64. The number of nitrogens with zero attached hydrogens (tertiary/aromatic N) is 1. The van der Waals surface area contributed by atoms with Gasteiger partial charge in [0.1, 0.15) is 0 Å². The number of carbonyl (C=O) groups is 1. The number of rotatable bonds is 7. The largest absolute Gasteiger partial charge is 0.371 e.